The van der Waals surface area contributed by atoms with Gasteiger partial charge in [-0.3, -0.25) is 9.78 Å². The van der Waals surface area contributed by atoms with E-state index in [1.165, 1.54) is 0 Å². The molecule has 0 atom stereocenters. The van der Waals surface area contributed by atoms with Gasteiger partial charge in [0.2, 0.25) is 0 Å². The maximum absolute atomic E-state index is 13.2. The average molecular weight is 398 g/mol. The largest absolute Gasteiger partial charge is 0.353 e. The average Bonchev–Trinajstić information content (AvgIpc) is 2.70. The molecule has 0 aliphatic carbocycles. The van der Waals surface area contributed by atoms with Crippen molar-refractivity contribution >= 4 is 51.5 Å². The van der Waals surface area contributed by atoms with Crippen LogP contribution in [0.25, 0.3) is 10.9 Å². The van der Waals surface area contributed by atoms with Crippen molar-refractivity contribution in [1.29, 1.82) is 0 Å². The zero-order valence-electron chi connectivity index (χ0n) is 15.0. The maximum Gasteiger partial charge on any atom is 0.257 e. The number of hydrogen-bond donors (Lipinski definition) is 1. The fourth-order valence-corrected chi connectivity index (χ4v) is 4.42. The summed E-state index contributed by atoms with van der Waals surface area (Å²) >= 11 is 8.32. The maximum atomic E-state index is 13.2. The van der Waals surface area contributed by atoms with Crippen LogP contribution in [0.1, 0.15) is 15.9 Å². The zero-order chi connectivity index (χ0) is 18.8. The number of carbonyl (C=O) groups excluding carboxylic acids is 1. The Labute approximate surface area is 167 Å². The number of carbonyl (C=O) groups is 1. The van der Waals surface area contributed by atoms with Gasteiger partial charge < -0.3 is 10.2 Å². The number of anilines is 2. The van der Waals surface area contributed by atoms with E-state index < -0.39 is 0 Å². The molecule has 0 bridgehead atoms. The minimum atomic E-state index is 0.0132. The second-order valence-electron chi connectivity index (χ2n) is 6.58. The van der Waals surface area contributed by atoms with Crippen LogP contribution in [0.2, 0.25) is 5.02 Å². The van der Waals surface area contributed by atoms with Gasteiger partial charge in [0, 0.05) is 36.2 Å². The fraction of sp³-hybridized carbons (Fsp3) is 0.238. The van der Waals surface area contributed by atoms with Gasteiger partial charge in [0.25, 0.3) is 5.91 Å². The number of aryl methyl sites for hydroxylation is 1. The summed E-state index contributed by atoms with van der Waals surface area (Å²) in [5, 5.41) is 4.94. The summed E-state index contributed by atoms with van der Waals surface area (Å²) in [6, 6.07) is 13.7. The summed E-state index contributed by atoms with van der Waals surface area (Å²) in [6.45, 7) is 3.53. The number of amides is 1. The number of benzene rings is 2. The van der Waals surface area contributed by atoms with Crippen LogP contribution in [0, 0.1) is 6.92 Å². The number of pyridine rings is 1. The van der Waals surface area contributed by atoms with Crippen molar-refractivity contribution in [2.24, 2.45) is 0 Å². The van der Waals surface area contributed by atoms with E-state index >= 15 is 0 Å². The number of nitrogens with zero attached hydrogens (tertiary/aromatic N) is 2. The van der Waals surface area contributed by atoms with Crippen molar-refractivity contribution < 1.29 is 4.79 Å². The highest BCUT2D eigenvalue weighted by Gasteiger charge is 2.23. The fourth-order valence-electron chi connectivity index (χ4n) is 3.23. The van der Waals surface area contributed by atoms with Crippen LogP contribution >= 0.6 is 23.4 Å². The standard InChI is InChI=1S/C21H20ClN3OS/c1-14-6-7-19(17(22)12-14)24-20-15-4-2-3-5-18(15)23-13-16(20)21(26)25-8-10-27-11-9-25/h2-7,12-13H,8-11H2,1H3,(H,23,24). The van der Waals surface area contributed by atoms with Crippen molar-refractivity contribution in [3.63, 3.8) is 0 Å². The van der Waals surface area contributed by atoms with Gasteiger partial charge in [0.1, 0.15) is 0 Å². The molecule has 4 nitrogen and oxygen atoms in total. The van der Waals surface area contributed by atoms with E-state index in [0.717, 1.165) is 52.4 Å². The number of nitrogens with one attached hydrogen (secondary N) is 1. The van der Waals surface area contributed by atoms with Crippen LogP contribution in [0.4, 0.5) is 11.4 Å². The molecule has 2 heterocycles. The van der Waals surface area contributed by atoms with Gasteiger partial charge in [0.05, 0.1) is 27.5 Å². The highest BCUT2D eigenvalue weighted by Crippen LogP contribution is 2.33. The number of hydrogen-bond acceptors (Lipinski definition) is 4. The van der Waals surface area contributed by atoms with Gasteiger partial charge in [-0.05, 0) is 30.7 Å². The van der Waals surface area contributed by atoms with Gasteiger partial charge in [-0.1, -0.05) is 35.9 Å². The van der Waals surface area contributed by atoms with E-state index in [9.17, 15) is 4.79 Å². The van der Waals surface area contributed by atoms with E-state index in [-0.39, 0.29) is 5.91 Å². The third-order valence-electron chi connectivity index (χ3n) is 4.69. The summed E-state index contributed by atoms with van der Waals surface area (Å²) in [6.07, 6.45) is 1.68. The van der Waals surface area contributed by atoms with Crippen LogP contribution in [-0.2, 0) is 0 Å². The quantitative estimate of drug-likeness (QED) is 0.665. The van der Waals surface area contributed by atoms with Crippen LogP contribution in [0.5, 0.6) is 0 Å². The highest BCUT2D eigenvalue weighted by molar-refractivity contribution is 7.99. The third-order valence-corrected chi connectivity index (χ3v) is 5.94. The Balaban J connectivity index is 1.81. The van der Waals surface area contributed by atoms with Crippen LogP contribution in [0.3, 0.4) is 0 Å². The van der Waals surface area contributed by atoms with E-state index in [2.05, 4.69) is 10.3 Å². The monoisotopic (exact) mass is 397 g/mol. The Morgan fingerprint density at radius 3 is 2.74 bits per heavy atom. The number of halogens is 1. The molecule has 1 N–H and O–H groups in total. The minimum Gasteiger partial charge on any atom is -0.353 e. The predicted octanol–water partition coefficient (Wildman–Crippen LogP) is 5.13. The molecule has 0 unspecified atom stereocenters. The molecule has 0 radical (unpaired) electrons. The summed E-state index contributed by atoms with van der Waals surface area (Å²) in [5.74, 6) is 1.96. The van der Waals surface area contributed by atoms with Crippen LogP contribution in [0.15, 0.2) is 48.7 Å². The number of thioether (sulfide) groups is 1. The van der Waals surface area contributed by atoms with Crippen LogP contribution in [-0.4, -0.2) is 40.4 Å². The number of fused-ring (bicyclic) bond motifs is 1. The summed E-state index contributed by atoms with van der Waals surface area (Å²) in [4.78, 5) is 19.6. The van der Waals surface area contributed by atoms with Crippen molar-refractivity contribution in [3.8, 4) is 0 Å². The van der Waals surface area contributed by atoms with E-state index in [4.69, 9.17) is 11.6 Å². The molecular formula is C21H20ClN3OS. The van der Waals surface area contributed by atoms with Crippen molar-refractivity contribution in [2.45, 2.75) is 6.92 Å². The summed E-state index contributed by atoms with van der Waals surface area (Å²) in [7, 11) is 0. The third kappa shape index (κ3) is 3.75. The van der Waals surface area contributed by atoms with Gasteiger partial charge in [-0.15, -0.1) is 0 Å². The van der Waals surface area contributed by atoms with Crippen molar-refractivity contribution in [3.05, 3.63) is 64.8 Å². The van der Waals surface area contributed by atoms with Crippen molar-refractivity contribution in [1.82, 2.24) is 9.88 Å². The topological polar surface area (TPSA) is 45.2 Å². The molecule has 1 aromatic heterocycles. The molecule has 3 aromatic rings. The molecule has 1 aliphatic heterocycles. The first-order chi connectivity index (χ1) is 13.1. The smallest absolute Gasteiger partial charge is 0.257 e. The number of para-hydroxylation sites is 1. The highest BCUT2D eigenvalue weighted by atomic mass is 35.5. The lowest BCUT2D eigenvalue weighted by atomic mass is 10.1. The van der Waals surface area contributed by atoms with E-state index in [1.54, 1.807) is 6.20 Å². The normalized spacial score (nSPS) is 14.4. The first-order valence-electron chi connectivity index (χ1n) is 8.91. The SMILES string of the molecule is Cc1ccc(Nc2c(C(=O)N3CCSCC3)cnc3ccccc23)c(Cl)c1. The lowest BCUT2D eigenvalue weighted by molar-refractivity contribution is 0.0773. The van der Waals surface area contributed by atoms with Gasteiger partial charge in [0.15, 0.2) is 0 Å². The molecule has 27 heavy (non-hydrogen) atoms. The molecule has 0 saturated carbocycles. The molecule has 1 fully saturated rings. The molecule has 138 valence electrons. The Hall–Kier alpha value is -2.24. The Kier molecular flexibility index (Phi) is 5.23. The predicted molar refractivity (Wildman–Crippen MR) is 114 cm³/mol. The molecule has 1 aliphatic rings. The summed E-state index contributed by atoms with van der Waals surface area (Å²) in [5.41, 5.74) is 4.05. The molecule has 1 amide bonds. The van der Waals surface area contributed by atoms with Gasteiger partial charge in [-0.25, -0.2) is 0 Å². The number of rotatable bonds is 3. The lowest BCUT2D eigenvalue weighted by Gasteiger charge is -2.27. The second-order valence-corrected chi connectivity index (χ2v) is 8.21. The molecule has 4 rings (SSSR count). The van der Waals surface area contributed by atoms with Crippen molar-refractivity contribution in [2.75, 3.05) is 29.9 Å². The molecule has 2 aromatic carbocycles. The Morgan fingerprint density at radius 1 is 1.19 bits per heavy atom. The summed E-state index contributed by atoms with van der Waals surface area (Å²) < 4.78 is 0. The van der Waals surface area contributed by atoms with Gasteiger partial charge >= 0.3 is 0 Å². The second kappa shape index (κ2) is 7.79. The first kappa shape index (κ1) is 18.1. The Morgan fingerprint density at radius 2 is 1.96 bits per heavy atom. The van der Waals surface area contributed by atoms with E-state index in [1.807, 2.05) is 66.1 Å². The lowest BCUT2D eigenvalue weighted by Crippen LogP contribution is -2.38. The van der Waals surface area contributed by atoms with Gasteiger partial charge in [-0.2, -0.15) is 11.8 Å². The Bertz CT molecular complexity index is 1000. The molecule has 6 heteroatoms. The molecule has 1 saturated heterocycles. The first-order valence-corrected chi connectivity index (χ1v) is 10.4. The zero-order valence-corrected chi connectivity index (χ0v) is 16.6. The van der Waals surface area contributed by atoms with E-state index in [0.29, 0.717) is 10.6 Å². The minimum absolute atomic E-state index is 0.0132. The molecular weight excluding hydrogens is 378 g/mol. The number of aromatic nitrogens is 1. The molecule has 0 spiro atoms. The van der Waals surface area contributed by atoms with Crippen LogP contribution < -0.4 is 5.32 Å².